The molecule has 0 fully saturated rings. The number of carboxylic acid groups (broad SMARTS) is 1. The molecule has 1 aliphatic rings. The molecule has 13 heavy (non-hydrogen) atoms. The SMILES string of the molecule is O=C(O)N1C=Cc2ccccc2C1. The summed E-state index contributed by atoms with van der Waals surface area (Å²) in [6, 6.07) is 7.78. The molecule has 0 unspecified atom stereocenters. The van der Waals surface area contributed by atoms with E-state index in [0.717, 1.165) is 11.1 Å². The van der Waals surface area contributed by atoms with Gasteiger partial charge in [0, 0.05) is 6.20 Å². The minimum absolute atomic E-state index is 0.446. The summed E-state index contributed by atoms with van der Waals surface area (Å²) in [7, 11) is 0. The Morgan fingerprint density at radius 3 is 2.92 bits per heavy atom. The van der Waals surface area contributed by atoms with Crippen molar-refractivity contribution >= 4 is 12.2 Å². The quantitative estimate of drug-likeness (QED) is 0.656. The summed E-state index contributed by atoms with van der Waals surface area (Å²) in [5.41, 5.74) is 2.15. The number of benzene rings is 1. The van der Waals surface area contributed by atoms with Gasteiger partial charge >= 0.3 is 6.09 Å². The molecule has 1 aromatic rings. The normalized spacial score (nSPS) is 14.0. The second-order valence-electron chi connectivity index (χ2n) is 2.93. The number of rotatable bonds is 0. The lowest BCUT2D eigenvalue weighted by atomic mass is 10.1. The van der Waals surface area contributed by atoms with E-state index in [9.17, 15) is 4.79 Å². The summed E-state index contributed by atoms with van der Waals surface area (Å²) >= 11 is 0. The highest BCUT2D eigenvalue weighted by Gasteiger charge is 2.14. The molecule has 1 aromatic carbocycles. The molecule has 1 N–H and O–H groups in total. The van der Waals surface area contributed by atoms with E-state index in [0.29, 0.717) is 6.54 Å². The zero-order chi connectivity index (χ0) is 9.26. The molecule has 0 saturated carbocycles. The van der Waals surface area contributed by atoms with Crippen LogP contribution < -0.4 is 0 Å². The van der Waals surface area contributed by atoms with Crippen molar-refractivity contribution < 1.29 is 9.90 Å². The molecular formula is C10H9NO2. The summed E-state index contributed by atoms with van der Waals surface area (Å²) in [4.78, 5) is 11.9. The van der Waals surface area contributed by atoms with E-state index < -0.39 is 6.09 Å². The van der Waals surface area contributed by atoms with Gasteiger partial charge in [0.25, 0.3) is 0 Å². The number of hydrogen-bond donors (Lipinski definition) is 1. The molecule has 0 radical (unpaired) electrons. The zero-order valence-electron chi connectivity index (χ0n) is 6.97. The molecule has 66 valence electrons. The molecule has 0 saturated heterocycles. The van der Waals surface area contributed by atoms with Crippen LogP contribution in [0.25, 0.3) is 6.08 Å². The summed E-state index contributed by atoms with van der Waals surface area (Å²) in [6.07, 6.45) is 2.49. The van der Waals surface area contributed by atoms with Gasteiger partial charge in [-0.15, -0.1) is 0 Å². The predicted molar refractivity (Wildman–Crippen MR) is 49.0 cm³/mol. The van der Waals surface area contributed by atoms with E-state index in [2.05, 4.69) is 0 Å². The van der Waals surface area contributed by atoms with Gasteiger partial charge in [-0.25, -0.2) is 4.79 Å². The minimum Gasteiger partial charge on any atom is -0.465 e. The van der Waals surface area contributed by atoms with Crippen molar-refractivity contribution in [3.8, 4) is 0 Å². The topological polar surface area (TPSA) is 40.5 Å². The Morgan fingerprint density at radius 1 is 1.38 bits per heavy atom. The highest BCUT2D eigenvalue weighted by atomic mass is 16.4. The Morgan fingerprint density at radius 2 is 2.15 bits per heavy atom. The molecule has 3 heteroatoms. The first-order valence-electron chi connectivity index (χ1n) is 4.03. The third kappa shape index (κ3) is 1.40. The van der Waals surface area contributed by atoms with Crippen molar-refractivity contribution in [2.75, 3.05) is 0 Å². The van der Waals surface area contributed by atoms with E-state index in [1.165, 1.54) is 4.90 Å². The zero-order valence-corrected chi connectivity index (χ0v) is 6.97. The predicted octanol–water partition coefficient (Wildman–Crippen LogP) is 2.15. The first-order chi connectivity index (χ1) is 6.27. The molecule has 0 atom stereocenters. The fourth-order valence-electron chi connectivity index (χ4n) is 1.38. The Hall–Kier alpha value is -1.77. The van der Waals surface area contributed by atoms with E-state index >= 15 is 0 Å². The first kappa shape index (κ1) is 7.86. The molecular weight excluding hydrogens is 166 g/mol. The van der Waals surface area contributed by atoms with Crippen LogP contribution >= 0.6 is 0 Å². The molecule has 1 amide bonds. The van der Waals surface area contributed by atoms with Crippen LogP contribution in [0.4, 0.5) is 4.79 Å². The van der Waals surface area contributed by atoms with Crippen LogP contribution in [0.1, 0.15) is 11.1 Å². The van der Waals surface area contributed by atoms with Crippen LogP contribution in [0.15, 0.2) is 30.5 Å². The van der Waals surface area contributed by atoms with Gasteiger partial charge in [0.1, 0.15) is 0 Å². The third-order valence-corrected chi connectivity index (χ3v) is 2.08. The largest absolute Gasteiger partial charge is 0.465 e. The summed E-state index contributed by atoms with van der Waals surface area (Å²) in [6.45, 7) is 0.446. The van der Waals surface area contributed by atoms with Crippen molar-refractivity contribution in [3.05, 3.63) is 41.6 Å². The highest BCUT2D eigenvalue weighted by Crippen LogP contribution is 2.18. The van der Waals surface area contributed by atoms with Gasteiger partial charge in [-0.3, -0.25) is 4.90 Å². The fourth-order valence-corrected chi connectivity index (χ4v) is 1.38. The number of fused-ring (bicyclic) bond motifs is 1. The van der Waals surface area contributed by atoms with Crippen molar-refractivity contribution in [1.29, 1.82) is 0 Å². The fraction of sp³-hybridized carbons (Fsp3) is 0.100. The summed E-state index contributed by atoms with van der Waals surface area (Å²) in [5, 5.41) is 8.74. The maximum Gasteiger partial charge on any atom is 0.411 e. The van der Waals surface area contributed by atoms with Crippen molar-refractivity contribution in [3.63, 3.8) is 0 Å². The van der Waals surface area contributed by atoms with Gasteiger partial charge in [-0.1, -0.05) is 24.3 Å². The molecule has 0 spiro atoms. The van der Waals surface area contributed by atoms with Gasteiger partial charge in [0.05, 0.1) is 6.54 Å². The Balaban J connectivity index is 2.34. The van der Waals surface area contributed by atoms with Crippen LogP contribution in [0.5, 0.6) is 0 Å². The number of hydrogen-bond acceptors (Lipinski definition) is 1. The maximum atomic E-state index is 10.6. The van der Waals surface area contributed by atoms with Crippen LogP contribution in [0, 0.1) is 0 Å². The molecule has 0 bridgehead atoms. The molecule has 2 rings (SSSR count). The average molecular weight is 175 g/mol. The minimum atomic E-state index is -0.911. The molecule has 1 aliphatic heterocycles. The second-order valence-corrected chi connectivity index (χ2v) is 2.93. The van der Waals surface area contributed by atoms with E-state index in [4.69, 9.17) is 5.11 Å². The third-order valence-electron chi connectivity index (χ3n) is 2.08. The van der Waals surface area contributed by atoms with E-state index in [1.807, 2.05) is 30.3 Å². The Labute approximate surface area is 75.9 Å². The average Bonchev–Trinajstić information content (AvgIpc) is 2.17. The van der Waals surface area contributed by atoms with Crippen LogP contribution in [0.2, 0.25) is 0 Å². The second kappa shape index (κ2) is 2.94. The Bertz CT molecular complexity index is 371. The van der Waals surface area contributed by atoms with Crippen molar-refractivity contribution in [2.45, 2.75) is 6.54 Å². The lowest BCUT2D eigenvalue weighted by molar-refractivity contribution is 0.161. The number of carbonyl (C=O) groups is 1. The smallest absolute Gasteiger partial charge is 0.411 e. The van der Waals surface area contributed by atoms with Crippen LogP contribution in [0.3, 0.4) is 0 Å². The number of nitrogens with zero attached hydrogens (tertiary/aromatic N) is 1. The maximum absolute atomic E-state index is 10.6. The van der Waals surface area contributed by atoms with E-state index in [-0.39, 0.29) is 0 Å². The lowest BCUT2D eigenvalue weighted by Crippen LogP contribution is -2.25. The van der Waals surface area contributed by atoms with Crippen LogP contribution in [-0.4, -0.2) is 16.1 Å². The highest BCUT2D eigenvalue weighted by molar-refractivity contribution is 5.70. The van der Waals surface area contributed by atoms with E-state index in [1.54, 1.807) is 6.20 Å². The monoisotopic (exact) mass is 175 g/mol. The van der Waals surface area contributed by atoms with Gasteiger partial charge < -0.3 is 5.11 Å². The summed E-state index contributed by atoms with van der Waals surface area (Å²) < 4.78 is 0. The van der Waals surface area contributed by atoms with Gasteiger partial charge in [0.2, 0.25) is 0 Å². The van der Waals surface area contributed by atoms with Crippen molar-refractivity contribution in [2.24, 2.45) is 0 Å². The van der Waals surface area contributed by atoms with Gasteiger partial charge in [-0.2, -0.15) is 0 Å². The molecule has 0 aromatic heterocycles. The first-order valence-corrected chi connectivity index (χ1v) is 4.03. The lowest BCUT2D eigenvalue weighted by Gasteiger charge is -2.20. The van der Waals surface area contributed by atoms with Gasteiger partial charge in [-0.05, 0) is 17.2 Å². The Kier molecular flexibility index (Phi) is 1.77. The molecule has 0 aliphatic carbocycles. The van der Waals surface area contributed by atoms with Gasteiger partial charge in [0.15, 0.2) is 0 Å². The van der Waals surface area contributed by atoms with Crippen molar-refractivity contribution in [1.82, 2.24) is 4.90 Å². The standard InChI is InChI=1S/C10H9NO2/c12-10(13)11-6-5-8-3-1-2-4-9(8)7-11/h1-6H,7H2,(H,12,13). The summed E-state index contributed by atoms with van der Waals surface area (Å²) in [5.74, 6) is 0. The number of amides is 1. The van der Waals surface area contributed by atoms with Crippen LogP contribution in [-0.2, 0) is 6.54 Å². The molecule has 1 heterocycles. The molecule has 3 nitrogen and oxygen atoms in total.